The van der Waals surface area contributed by atoms with Crippen LogP contribution in [-0.2, 0) is 0 Å². The Kier molecular flexibility index (Phi) is 7.39. The maximum Gasteiger partial charge on any atom is 0.160 e. The smallest absolute Gasteiger partial charge is 0.160 e. The number of nitrogens with zero attached hydrogens (tertiary/aromatic N) is 5. The standard InChI is InChI=1S/C66H41N5/c1-32-15-13-16-33(2)50(32)63-47-29-46-58-48(27-36(30-67)52-54-38-19-5-9-23-42(38)56(60(52)58)43-24-10-6-20-39(43)54)71-49-28-37(31-68)53-55-40-21-7-11-25-44(40)57(45-26-12-8-22-41(45)55)61(53)59(49)62(65(46)71)64(47)70-66(69-63)51-34(3)17-14-18-35(51)4/h5-29,54-57H,1-4H3. The minimum absolute atomic E-state index is 0.0852. The molecule has 0 aliphatic heterocycles. The summed E-state index contributed by atoms with van der Waals surface area (Å²) in [5, 5.41) is 28.4. The lowest BCUT2D eigenvalue weighted by molar-refractivity contribution is 0.758. The van der Waals surface area contributed by atoms with Gasteiger partial charge in [0.05, 0.1) is 51.0 Å². The second kappa shape index (κ2) is 13.4. The first-order chi connectivity index (χ1) is 34.9. The van der Waals surface area contributed by atoms with Gasteiger partial charge in [-0.1, -0.05) is 133 Å². The molecule has 3 heterocycles. The predicted molar refractivity (Wildman–Crippen MR) is 283 cm³/mol. The Morgan fingerprint density at radius 1 is 0.408 bits per heavy atom. The van der Waals surface area contributed by atoms with E-state index in [1.807, 2.05) is 0 Å². The van der Waals surface area contributed by atoms with Crippen LogP contribution in [0.1, 0.15) is 124 Å². The fourth-order valence-electron chi connectivity index (χ4n) is 14.7. The lowest BCUT2D eigenvalue weighted by atomic mass is 9.59. The Morgan fingerprint density at radius 3 is 1.24 bits per heavy atom. The van der Waals surface area contributed by atoms with Gasteiger partial charge in [0.2, 0.25) is 0 Å². The van der Waals surface area contributed by atoms with Crippen LogP contribution in [0, 0.1) is 50.4 Å². The first-order valence-corrected chi connectivity index (χ1v) is 24.8. The summed E-state index contributed by atoms with van der Waals surface area (Å²) in [6.07, 6.45) is 0. The monoisotopic (exact) mass is 903 g/mol. The Hall–Kier alpha value is -8.90. The molecule has 0 saturated carbocycles. The van der Waals surface area contributed by atoms with E-state index in [2.05, 4.69) is 196 Å². The summed E-state index contributed by atoms with van der Waals surface area (Å²) in [4.78, 5) is 11.6. The maximum absolute atomic E-state index is 11.5. The van der Waals surface area contributed by atoms with E-state index in [0.717, 1.165) is 99.2 Å². The average molecular weight is 904 g/mol. The van der Waals surface area contributed by atoms with Crippen molar-refractivity contribution in [2.75, 3.05) is 0 Å². The topological polar surface area (TPSA) is 77.8 Å². The quantitative estimate of drug-likeness (QED) is 0.173. The molecule has 5 heteroatoms. The van der Waals surface area contributed by atoms with Crippen molar-refractivity contribution in [3.63, 3.8) is 0 Å². The van der Waals surface area contributed by atoms with Gasteiger partial charge in [-0.15, -0.1) is 0 Å². The van der Waals surface area contributed by atoms with Crippen LogP contribution < -0.4 is 0 Å². The van der Waals surface area contributed by atoms with E-state index >= 15 is 0 Å². The largest absolute Gasteiger partial charge is 0.308 e. The summed E-state index contributed by atoms with van der Waals surface area (Å²) in [5.74, 6) is 0.304. The summed E-state index contributed by atoms with van der Waals surface area (Å²) >= 11 is 0. The highest BCUT2D eigenvalue weighted by molar-refractivity contribution is 6.33. The molecule has 9 aromatic carbocycles. The highest BCUT2D eigenvalue weighted by Crippen LogP contribution is 2.63. The molecule has 3 aromatic heterocycles. The van der Waals surface area contributed by atoms with E-state index < -0.39 is 0 Å². The van der Waals surface area contributed by atoms with Crippen molar-refractivity contribution in [1.29, 1.82) is 10.5 Å². The molecule has 0 radical (unpaired) electrons. The fourth-order valence-corrected chi connectivity index (χ4v) is 14.7. The van der Waals surface area contributed by atoms with Gasteiger partial charge in [0.1, 0.15) is 0 Å². The second-order valence-electron chi connectivity index (χ2n) is 20.6. The molecule has 6 aliphatic carbocycles. The second-order valence-corrected chi connectivity index (χ2v) is 20.6. The van der Waals surface area contributed by atoms with Gasteiger partial charge in [0, 0.05) is 61.7 Å². The molecule has 12 aromatic rings. The molecule has 18 rings (SSSR count). The van der Waals surface area contributed by atoms with Crippen molar-refractivity contribution in [2.24, 2.45) is 0 Å². The molecule has 6 aliphatic rings. The van der Waals surface area contributed by atoms with Crippen molar-refractivity contribution in [1.82, 2.24) is 14.4 Å². The molecule has 71 heavy (non-hydrogen) atoms. The van der Waals surface area contributed by atoms with Gasteiger partial charge in [-0.25, -0.2) is 9.97 Å². The number of fused-ring (bicyclic) bond motifs is 8. The number of benzene rings is 9. The molecule has 0 N–H and O–H groups in total. The van der Waals surface area contributed by atoms with Crippen LogP contribution in [0.3, 0.4) is 0 Å². The van der Waals surface area contributed by atoms with Crippen LogP contribution in [0.25, 0.3) is 71.6 Å². The van der Waals surface area contributed by atoms with Gasteiger partial charge in [0.25, 0.3) is 0 Å². The highest BCUT2D eigenvalue weighted by atomic mass is 14.9. The third-order valence-corrected chi connectivity index (χ3v) is 17.3. The van der Waals surface area contributed by atoms with Crippen molar-refractivity contribution < 1.29 is 0 Å². The van der Waals surface area contributed by atoms with E-state index in [4.69, 9.17) is 9.97 Å². The molecule has 4 bridgehead atoms. The van der Waals surface area contributed by atoms with Crippen LogP contribution in [0.15, 0.2) is 152 Å². The van der Waals surface area contributed by atoms with Gasteiger partial charge < -0.3 is 4.40 Å². The number of nitriles is 2. The fraction of sp³-hybridized carbons (Fsp3) is 0.121. The SMILES string of the molecule is Cc1cccc(C)c1-c1nc(-c2c(C)cccc2C)c2cc3c4c5c(c(C#N)cc4n4c6cc(C#N)c7c(c6c(c2n1)c34)C1c2ccccc2C7c2ccccc21)C1c2ccccc2C5c2ccccc21. The zero-order valence-electron chi connectivity index (χ0n) is 39.5. The van der Waals surface area contributed by atoms with E-state index in [-0.39, 0.29) is 23.7 Å². The molecule has 330 valence electrons. The molecular weight excluding hydrogens is 863 g/mol. The summed E-state index contributed by atoms with van der Waals surface area (Å²) in [6, 6.07) is 60.8. The first-order valence-electron chi connectivity index (χ1n) is 24.8. The minimum atomic E-state index is -0.116. The van der Waals surface area contributed by atoms with E-state index in [9.17, 15) is 10.5 Å². The van der Waals surface area contributed by atoms with E-state index in [1.54, 1.807) is 0 Å². The van der Waals surface area contributed by atoms with Crippen LogP contribution >= 0.6 is 0 Å². The van der Waals surface area contributed by atoms with Crippen LogP contribution in [-0.4, -0.2) is 14.4 Å². The van der Waals surface area contributed by atoms with Crippen molar-refractivity contribution >= 4 is 49.0 Å². The molecule has 0 unspecified atom stereocenters. The summed E-state index contributed by atoms with van der Waals surface area (Å²) in [7, 11) is 0. The molecule has 0 spiro atoms. The molecule has 5 nitrogen and oxygen atoms in total. The zero-order valence-corrected chi connectivity index (χ0v) is 39.5. The van der Waals surface area contributed by atoms with Crippen molar-refractivity contribution in [2.45, 2.75) is 51.4 Å². The Labute approximate surface area is 409 Å². The molecule has 0 saturated heterocycles. The maximum atomic E-state index is 11.5. The third-order valence-electron chi connectivity index (χ3n) is 17.3. The van der Waals surface area contributed by atoms with Gasteiger partial charge >= 0.3 is 0 Å². The first kappa shape index (κ1) is 39.0. The van der Waals surface area contributed by atoms with E-state index in [1.165, 1.54) is 55.6 Å². The van der Waals surface area contributed by atoms with Crippen LogP contribution in [0.2, 0.25) is 0 Å². The predicted octanol–water partition coefficient (Wildman–Crippen LogP) is 15.1. The number of hydrogen-bond acceptors (Lipinski definition) is 4. The van der Waals surface area contributed by atoms with Gasteiger partial charge in [0.15, 0.2) is 5.82 Å². The van der Waals surface area contributed by atoms with Crippen molar-refractivity contribution in [3.05, 3.63) is 252 Å². The molecule has 0 atom stereocenters. The zero-order chi connectivity index (χ0) is 47.3. The normalized spacial score (nSPS) is 17.5. The van der Waals surface area contributed by atoms with Gasteiger partial charge in [-0.3, -0.25) is 0 Å². The molecule has 0 fully saturated rings. The summed E-state index contributed by atoms with van der Waals surface area (Å²) in [6.45, 7) is 8.72. The van der Waals surface area contributed by atoms with Crippen LogP contribution in [0.5, 0.6) is 0 Å². The van der Waals surface area contributed by atoms with Gasteiger partial charge in [-0.2, -0.15) is 10.5 Å². The highest BCUT2D eigenvalue weighted by Gasteiger charge is 2.47. The number of aryl methyl sites for hydroxylation is 4. The lowest BCUT2D eigenvalue weighted by Crippen LogP contribution is -2.28. The Morgan fingerprint density at radius 2 is 0.803 bits per heavy atom. The van der Waals surface area contributed by atoms with E-state index in [0.29, 0.717) is 17.0 Å². The number of aromatic nitrogens is 3. The Balaban J connectivity index is 1.18. The lowest BCUT2D eigenvalue weighted by Gasteiger charge is -2.43. The summed E-state index contributed by atoms with van der Waals surface area (Å²) in [5.41, 5.74) is 27.8. The van der Waals surface area contributed by atoms with Crippen molar-refractivity contribution in [3.8, 4) is 34.8 Å². The van der Waals surface area contributed by atoms with Gasteiger partial charge in [-0.05, 0) is 135 Å². The molecule has 0 amide bonds. The van der Waals surface area contributed by atoms with Crippen LogP contribution in [0.4, 0.5) is 0 Å². The minimum Gasteiger partial charge on any atom is -0.308 e. The number of hydrogen-bond donors (Lipinski definition) is 0. The third kappa shape index (κ3) is 4.61. The summed E-state index contributed by atoms with van der Waals surface area (Å²) < 4.78 is 2.43. The molecular formula is C66H41N5. The average Bonchev–Trinajstić information content (AvgIpc) is 3.92. The number of rotatable bonds is 2. The Bertz CT molecular complexity index is 4440.